The normalized spacial score (nSPS) is 10.8. The summed E-state index contributed by atoms with van der Waals surface area (Å²) in [4.78, 5) is 4.42. The molecule has 3 nitrogen and oxygen atoms in total. The van der Waals surface area contributed by atoms with Gasteiger partial charge in [0.25, 0.3) is 0 Å². The third-order valence-corrected chi connectivity index (χ3v) is 3.14. The molecule has 0 aliphatic heterocycles. The average molecular weight is 264 g/mol. The highest BCUT2D eigenvalue weighted by atomic mass is 35.5. The van der Waals surface area contributed by atoms with Gasteiger partial charge in [-0.25, -0.2) is 0 Å². The number of hydrogen-bond donors (Lipinski definition) is 2. The molecule has 0 spiro atoms. The minimum absolute atomic E-state index is 0.756. The minimum atomic E-state index is 0.756. The summed E-state index contributed by atoms with van der Waals surface area (Å²) in [5.41, 5.74) is 3.22. The van der Waals surface area contributed by atoms with Crippen molar-refractivity contribution in [2.24, 2.45) is 0 Å². The maximum Gasteiger partial charge on any atom is 0.0752 e. The second-order valence-corrected chi connectivity index (χ2v) is 4.80. The van der Waals surface area contributed by atoms with Crippen LogP contribution in [0.5, 0.6) is 0 Å². The van der Waals surface area contributed by atoms with Crippen molar-refractivity contribution in [3.8, 4) is 0 Å². The molecule has 0 atom stereocenters. The van der Waals surface area contributed by atoms with E-state index in [2.05, 4.69) is 15.6 Å². The fourth-order valence-corrected chi connectivity index (χ4v) is 2.30. The largest absolute Gasteiger partial charge is 0.384 e. The van der Waals surface area contributed by atoms with Crippen LogP contribution in [0, 0.1) is 6.92 Å². The number of halogens is 1. The summed E-state index contributed by atoms with van der Waals surface area (Å²) in [5.74, 6) is 0. The van der Waals surface area contributed by atoms with Crippen LogP contribution in [0.15, 0.2) is 24.4 Å². The van der Waals surface area contributed by atoms with Gasteiger partial charge < -0.3 is 10.6 Å². The number of nitrogens with one attached hydrogen (secondary N) is 2. The molecular weight excluding hydrogens is 246 g/mol. The van der Waals surface area contributed by atoms with Crippen LogP contribution < -0.4 is 10.6 Å². The zero-order chi connectivity index (χ0) is 13.0. The van der Waals surface area contributed by atoms with Crippen molar-refractivity contribution in [1.82, 2.24) is 10.3 Å². The van der Waals surface area contributed by atoms with Crippen molar-refractivity contribution >= 4 is 28.2 Å². The molecule has 0 saturated heterocycles. The molecule has 1 heterocycles. The van der Waals surface area contributed by atoms with Gasteiger partial charge in [0.2, 0.25) is 0 Å². The van der Waals surface area contributed by atoms with Crippen LogP contribution in [0.25, 0.3) is 10.9 Å². The van der Waals surface area contributed by atoms with Gasteiger partial charge in [0.05, 0.1) is 5.52 Å². The summed E-state index contributed by atoms with van der Waals surface area (Å²) < 4.78 is 0. The van der Waals surface area contributed by atoms with E-state index in [0.717, 1.165) is 46.7 Å². The molecule has 2 rings (SSSR count). The lowest BCUT2D eigenvalue weighted by molar-refractivity contribution is 0.748. The Morgan fingerprint density at radius 2 is 2.11 bits per heavy atom. The molecule has 18 heavy (non-hydrogen) atoms. The molecule has 2 N–H and O–H groups in total. The topological polar surface area (TPSA) is 37.0 Å². The monoisotopic (exact) mass is 263 g/mol. The summed E-state index contributed by atoms with van der Waals surface area (Å²) >= 11 is 6.11. The number of rotatable bonds is 5. The lowest BCUT2D eigenvalue weighted by atomic mass is 10.1. The van der Waals surface area contributed by atoms with Crippen LogP contribution in [0.2, 0.25) is 5.02 Å². The molecule has 0 aliphatic rings. The lowest BCUT2D eigenvalue weighted by Crippen LogP contribution is -2.13. The summed E-state index contributed by atoms with van der Waals surface area (Å²) in [6.45, 7) is 3.98. The SMILES string of the molecule is CNCCCNc1ccnc2c(C)cc(Cl)cc12. The highest BCUT2D eigenvalue weighted by Crippen LogP contribution is 2.27. The molecular formula is C14H18ClN3. The van der Waals surface area contributed by atoms with E-state index in [0.29, 0.717) is 0 Å². The van der Waals surface area contributed by atoms with E-state index >= 15 is 0 Å². The van der Waals surface area contributed by atoms with Crippen molar-refractivity contribution in [3.05, 3.63) is 35.0 Å². The van der Waals surface area contributed by atoms with Gasteiger partial charge in [-0.1, -0.05) is 11.6 Å². The Labute approximate surface area is 113 Å². The van der Waals surface area contributed by atoms with Gasteiger partial charge >= 0.3 is 0 Å². The fraction of sp³-hybridized carbons (Fsp3) is 0.357. The molecule has 0 aliphatic carbocycles. The first-order valence-corrected chi connectivity index (χ1v) is 6.53. The van der Waals surface area contributed by atoms with Crippen LogP contribution in [-0.4, -0.2) is 25.1 Å². The van der Waals surface area contributed by atoms with E-state index in [4.69, 9.17) is 11.6 Å². The Morgan fingerprint density at radius 3 is 2.89 bits per heavy atom. The zero-order valence-corrected chi connectivity index (χ0v) is 11.5. The highest BCUT2D eigenvalue weighted by molar-refractivity contribution is 6.31. The van der Waals surface area contributed by atoms with Gasteiger partial charge in [0, 0.05) is 28.8 Å². The summed E-state index contributed by atoms with van der Waals surface area (Å²) in [7, 11) is 1.96. The van der Waals surface area contributed by atoms with Crippen LogP contribution in [0.4, 0.5) is 5.69 Å². The molecule has 0 unspecified atom stereocenters. The van der Waals surface area contributed by atoms with Crippen molar-refractivity contribution in [3.63, 3.8) is 0 Å². The highest BCUT2D eigenvalue weighted by Gasteiger charge is 2.05. The first-order chi connectivity index (χ1) is 8.72. The number of fused-ring (bicyclic) bond motifs is 1. The molecule has 2 aromatic rings. The van der Waals surface area contributed by atoms with Crippen molar-refractivity contribution in [1.29, 1.82) is 0 Å². The predicted molar refractivity (Wildman–Crippen MR) is 78.5 cm³/mol. The number of pyridine rings is 1. The number of anilines is 1. The third-order valence-electron chi connectivity index (χ3n) is 2.92. The molecule has 1 aromatic heterocycles. The van der Waals surface area contributed by atoms with E-state index in [1.807, 2.05) is 38.4 Å². The van der Waals surface area contributed by atoms with Crippen LogP contribution in [0.3, 0.4) is 0 Å². The molecule has 0 saturated carbocycles. The van der Waals surface area contributed by atoms with Gasteiger partial charge in [-0.2, -0.15) is 0 Å². The first-order valence-electron chi connectivity index (χ1n) is 6.15. The second kappa shape index (κ2) is 6.03. The van der Waals surface area contributed by atoms with E-state index in [1.165, 1.54) is 0 Å². The number of aryl methyl sites for hydroxylation is 1. The van der Waals surface area contributed by atoms with E-state index in [1.54, 1.807) is 0 Å². The molecule has 0 bridgehead atoms. The molecule has 0 fully saturated rings. The van der Waals surface area contributed by atoms with Gasteiger partial charge in [-0.05, 0) is 50.7 Å². The quantitative estimate of drug-likeness (QED) is 0.814. The van der Waals surface area contributed by atoms with Crippen molar-refractivity contribution in [2.75, 3.05) is 25.5 Å². The smallest absolute Gasteiger partial charge is 0.0752 e. The van der Waals surface area contributed by atoms with Gasteiger partial charge in [-0.15, -0.1) is 0 Å². The van der Waals surface area contributed by atoms with Gasteiger partial charge in [-0.3, -0.25) is 4.98 Å². The molecule has 96 valence electrons. The molecule has 4 heteroatoms. The Hall–Kier alpha value is -1.32. The summed E-state index contributed by atoms with van der Waals surface area (Å²) in [6.07, 6.45) is 2.92. The standard InChI is InChI=1S/C14H18ClN3/c1-10-8-11(15)9-12-13(4-7-18-14(10)12)17-6-3-5-16-2/h4,7-9,16H,3,5-6H2,1-2H3,(H,17,18). The minimum Gasteiger partial charge on any atom is -0.384 e. The van der Waals surface area contributed by atoms with E-state index in [-0.39, 0.29) is 0 Å². The second-order valence-electron chi connectivity index (χ2n) is 4.36. The zero-order valence-electron chi connectivity index (χ0n) is 10.8. The molecule has 1 aromatic carbocycles. The summed E-state index contributed by atoms with van der Waals surface area (Å²) in [5, 5.41) is 8.42. The van der Waals surface area contributed by atoms with Crippen molar-refractivity contribution in [2.45, 2.75) is 13.3 Å². The average Bonchev–Trinajstić information content (AvgIpc) is 2.35. The van der Waals surface area contributed by atoms with Crippen LogP contribution in [-0.2, 0) is 0 Å². The van der Waals surface area contributed by atoms with Gasteiger partial charge in [0.1, 0.15) is 0 Å². The molecule has 0 radical (unpaired) electrons. The number of hydrogen-bond acceptors (Lipinski definition) is 3. The first kappa shape index (κ1) is 13.1. The molecule has 0 amide bonds. The number of benzene rings is 1. The fourth-order valence-electron chi connectivity index (χ4n) is 2.03. The maximum atomic E-state index is 6.11. The number of nitrogens with zero attached hydrogens (tertiary/aromatic N) is 1. The van der Waals surface area contributed by atoms with E-state index in [9.17, 15) is 0 Å². The van der Waals surface area contributed by atoms with Crippen molar-refractivity contribution < 1.29 is 0 Å². The van der Waals surface area contributed by atoms with Crippen LogP contribution >= 0.6 is 11.6 Å². The van der Waals surface area contributed by atoms with Crippen LogP contribution in [0.1, 0.15) is 12.0 Å². The lowest BCUT2D eigenvalue weighted by Gasteiger charge is -2.11. The van der Waals surface area contributed by atoms with Gasteiger partial charge in [0.15, 0.2) is 0 Å². The predicted octanol–water partition coefficient (Wildman–Crippen LogP) is 3.22. The Bertz CT molecular complexity index is 540. The maximum absolute atomic E-state index is 6.11. The number of aromatic nitrogens is 1. The Kier molecular flexibility index (Phi) is 4.39. The summed E-state index contributed by atoms with van der Waals surface area (Å²) in [6, 6.07) is 5.91. The third kappa shape index (κ3) is 2.92. The van der Waals surface area contributed by atoms with E-state index < -0.39 is 0 Å². The Morgan fingerprint density at radius 1 is 1.28 bits per heavy atom. The Balaban J connectivity index is 2.27.